The maximum Gasteiger partial charge on any atom is 0.243 e. The van der Waals surface area contributed by atoms with E-state index in [1.165, 1.54) is 18.2 Å². The molecule has 1 aromatic rings. The molecule has 0 unspecified atom stereocenters. The Kier molecular flexibility index (Phi) is 4.31. The third kappa shape index (κ3) is 3.72. The number of benzene rings is 1. The van der Waals surface area contributed by atoms with Gasteiger partial charge in [-0.15, -0.1) is 0 Å². The molecule has 1 amide bonds. The lowest BCUT2D eigenvalue weighted by Crippen LogP contribution is -2.19. The summed E-state index contributed by atoms with van der Waals surface area (Å²) in [7, 11) is 0. The van der Waals surface area contributed by atoms with E-state index in [0.717, 1.165) is 0 Å². The number of nitrogens with one attached hydrogen (secondary N) is 1. The molecular weight excluding hydrogens is 217 g/mol. The molecule has 0 aliphatic heterocycles. The molecule has 4 heteroatoms. The van der Waals surface area contributed by atoms with Gasteiger partial charge in [0.2, 0.25) is 5.91 Å². The van der Waals surface area contributed by atoms with E-state index in [2.05, 4.69) is 5.32 Å². The van der Waals surface area contributed by atoms with E-state index in [1.807, 2.05) is 6.92 Å². The van der Waals surface area contributed by atoms with Crippen LogP contribution in [0.3, 0.4) is 0 Å². The Hall–Kier alpha value is -1.35. The number of likely N-dealkylation sites (N-methyl/N-ethyl adjacent to an activating group) is 1. The van der Waals surface area contributed by atoms with Crippen molar-refractivity contribution in [2.75, 3.05) is 6.54 Å². The van der Waals surface area contributed by atoms with E-state index in [1.54, 1.807) is 12.1 Å². The quantitative estimate of drug-likeness (QED) is 0.791. The highest BCUT2D eigenvalue weighted by Crippen LogP contribution is 2.16. The molecule has 2 nitrogen and oxygen atoms in total. The number of rotatable bonds is 3. The Balaban J connectivity index is 2.72. The first-order valence-electron chi connectivity index (χ1n) is 4.54. The monoisotopic (exact) mass is 227 g/mol. The number of hydrogen-bond donors (Lipinski definition) is 1. The summed E-state index contributed by atoms with van der Waals surface area (Å²) in [5.41, 5.74) is 0.688. The summed E-state index contributed by atoms with van der Waals surface area (Å²) in [6, 6.07) is 4.28. The Bertz CT molecular complexity index is 390. The normalized spacial score (nSPS) is 10.6. The van der Waals surface area contributed by atoms with Crippen LogP contribution in [0, 0.1) is 5.82 Å². The van der Waals surface area contributed by atoms with Crippen molar-refractivity contribution in [3.05, 3.63) is 40.7 Å². The van der Waals surface area contributed by atoms with Crippen molar-refractivity contribution in [2.24, 2.45) is 0 Å². The Morgan fingerprint density at radius 1 is 1.60 bits per heavy atom. The second-order valence-electron chi connectivity index (χ2n) is 2.90. The number of hydrogen-bond acceptors (Lipinski definition) is 1. The zero-order valence-corrected chi connectivity index (χ0v) is 9.01. The van der Waals surface area contributed by atoms with Crippen molar-refractivity contribution in [1.82, 2.24) is 5.32 Å². The third-order valence-electron chi connectivity index (χ3n) is 1.72. The van der Waals surface area contributed by atoms with Crippen LogP contribution in [-0.4, -0.2) is 12.5 Å². The van der Waals surface area contributed by atoms with Gasteiger partial charge in [-0.2, -0.15) is 0 Å². The van der Waals surface area contributed by atoms with Crippen LogP contribution in [0.5, 0.6) is 0 Å². The van der Waals surface area contributed by atoms with Crippen LogP contribution in [0.1, 0.15) is 12.5 Å². The summed E-state index contributed by atoms with van der Waals surface area (Å²) in [6.07, 6.45) is 2.96. The molecule has 0 radical (unpaired) electrons. The number of carbonyl (C=O) groups excluding carboxylic acids is 1. The van der Waals surface area contributed by atoms with Crippen molar-refractivity contribution in [3.8, 4) is 0 Å². The van der Waals surface area contributed by atoms with E-state index >= 15 is 0 Å². The SMILES string of the molecule is CCNC(=O)/C=C\c1ccc(F)c(Cl)c1. The molecule has 0 saturated carbocycles. The third-order valence-corrected chi connectivity index (χ3v) is 2.01. The Morgan fingerprint density at radius 2 is 2.33 bits per heavy atom. The van der Waals surface area contributed by atoms with E-state index in [0.29, 0.717) is 12.1 Å². The van der Waals surface area contributed by atoms with Gasteiger partial charge in [-0.05, 0) is 30.7 Å². The lowest BCUT2D eigenvalue weighted by Gasteiger charge is -1.97. The predicted octanol–water partition coefficient (Wildman–Crippen LogP) is 2.63. The van der Waals surface area contributed by atoms with Gasteiger partial charge in [0.15, 0.2) is 0 Å². The second-order valence-corrected chi connectivity index (χ2v) is 3.31. The highest BCUT2D eigenvalue weighted by Gasteiger charge is 1.98. The van der Waals surface area contributed by atoms with Crippen molar-refractivity contribution in [1.29, 1.82) is 0 Å². The van der Waals surface area contributed by atoms with Crippen LogP contribution in [0.15, 0.2) is 24.3 Å². The molecule has 0 fully saturated rings. The minimum atomic E-state index is -0.466. The maximum absolute atomic E-state index is 12.8. The van der Waals surface area contributed by atoms with Crippen molar-refractivity contribution < 1.29 is 9.18 Å². The fraction of sp³-hybridized carbons (Fsp3) is 0.182. The molecule has 15 heavy (non-hydrogen) atoms. The Labute approximate surface area is 92.7 Å². The first-order chi connectivity index (χ1) is 7.13. The molecule has 0 spiro atoms. The molecular formula is C11H11ClFNO. The zero-order chi connectivity index (χ0) is 11.3. The fourth-order valence-electron chi connectivity index (χ4n) is 1.02. The topological polar surface area (TPSA) is 29.1 Å². The molecule has 0 atom stereocenters. The smallest absolute Gasteiger partial charge is 0.243 e. The molecule has 1 aromatic carbocycles. The zero-order valence-electron chi connectivity index (χ0n) is 8.26. The van der Waals surface area contributed by atoms with Gasteiger partial charge in [0.1, 0.15) is 5.82 Å². The van der Waals surface area contributed by atoms with Gasteiger partial charge >= 0.3 is 0 Å². The molecule has 1 N–H and O–H groups in total. The van der Waals surface area contributed by atoms with Crippen LogP contribution in [0.2, 0.25) is 5.02 Å². The Morgan fingerprint density at radius 3 is 2.93 bits per heavy atom. The molecule has 0 aliphatic carbocycles. The van der Waals surface area contributed by atoms with Crippen LogP contribution in [-0.2, 0) is 4.79 Å². The second kappa shape index (κ2) is 5.51. The molecule has 0 bridgehead atoms. The highest BCUT2D eigenvalue weighted by molar-refractivity contribution is 6.30. The lowest BCUT2D eigenvalue weighted by atomic mass is 10.2. The number of carbonyl (C=O) groups is 1. The molecule has 0 aliphatic rings. The van der Waals surface area contributed by atoms with Crippen LogP contribution < -0.4 is 5.32 Å². The van der Waals surface area contributed by atoms with Crippen LogP contribution >= 0.6 is 11.6 Å². The molecule has 1 rings (SSSR count). The van der Waals surface area contributed by atoms with Gasteiger partial charge < -0.3 is 5.32 Å². The minimum Gasteiger partial charge on any atom is -0.353 e. The van der Waals surface area contributed by atoms with Gasteiger partial charge in [-0.1, -0.05) is 17.7 Å². The average molecular weight is 228 g/mol. The van der Waals surface area contributed by atoms with Crippen molar-refractivity contribution in [2.45, 2.75) is 6.92 Å². The average Bonchev–Trinajstić information content (AvgIpc) is 2.20. The highest BCUT2D eigenvalue weighted by atomic mass is 35.5. The van der Waals surface area contributed by atoms with E-state index in [-0.39, 0.29) is 10.9 Å². The van der Waals surface area contributed by atoms with Crippen molar-refractivity contribution in [3.63, 3.8) is 0 Å². The molecule has 0 heterocycles. The van der Waals surface area contributed by atoms with Gasteiger partial charge in [0, 0.05) is 12.6 Å². The summed E-state index contributed by atoms with van der Waals surface area (Å²) < 4.78 is 12.8. The first-order valence-corrected chi connectivity index (χ1v) is 4.92. The van der Waals surface area contributed by atoms with Gasteiger partial charge in [0.25, 0.3) is 0 Å². The summed E-state index contributed by atoms with van der Waals surface area (Å²) in [4.78, 5) is 11.1. The summed E-state index contributed by atoms with van der Waals surface area (Å²) in [5, 5.41) is 2.66. The van der Waals surface area contributed by atoms with E-state index < -0.39 is 5.82 Å². The molecule has 80 valence electrons. The number of amides is 1. The maximum atomic E-state index is 12.8. The predicted molar refractivity (Wildman–Crippen MR) is 59.1 cm³/mol. The lowest BCUT2D eigenvalue weighted by molar-refractivity contribution is -0.116. The van der Waals surface area contributed by atoms with Gasteiger partial charge in [0.05, 0.1) is 5.02 Å². The fourth-order valence-corrected chi connectivity index (χ4v) is 1.21. The van der Waals surface area contributed by atoms with Crippen LogP contribution in [0.4, 0.5) is 4.39 Å². The van der Waals surface area contributed by atoms with E-state index in [4.69, 9.17) is 11.6 Å². The van der Waals surface area contributed by atoms with Crippen LogP contribution in [0.25, 0.3) is 6.08 Å². The summed E-state index contributed by atoms with van der Waals surface area (Å²) >= 11 is 5.58. The summed E-state index contributed by atoms with van der Waals surface area (Å²) in [5.74, 6) is -0.648. The molecule has 0 aromatic heterocycles. The van der Waals surface area contributed by atoms with Gasteiger partial charge in [-0.3, -0.25) is 4.79 Å². The standard InChI is InChI=1S/C11H11ClFNO/c1-2-14-11(15)6-4-8-3-5-10(13)9(12)7-8/h3-7H,2H2,1H3,(H,14,15)/b6-4-. The first kappa shape index (κ1) is 11.7. The largest absolute Gasteiger partial charge is 0.353 e. The van der Waals surface area contributed by atoms with Crippen molar-refractivity contribution >= 4 is 23.6 Å². The van der Waals surface area contributed by atoms with E-state index in [9.17, 15) is 9.18 Å². The van der Waals surface area contributed by atoms with Gasteiger partial charge in [-0.25, -0.2) is 4.39 Å². The molecule has 0 saturated heterocycles. The summed E-state index contributed by atoms with van der Waals surface area (Å²) in [6.45, 7) is 2.41. The minimum absolute atomic E-state index is 0.0491. The number of halogens is 2.